The van der Waals surface area contributed by atoms with Crippen LogP contribution in [0.4, 0.5) is 10.8 Å². The van der Waals surface area contributed by atoms with E-state index in [-0.39, 0.29) is 17.7 Å². The van der Waals surface area contributed by atoms with Crippen molar-refractivity contribution in [1.82, 2.24) is 10.2 Å². The van der Waals surface area contributed by atoms with Crippen molar-refractivity contribution in [3.8, 4) is 5.75 Å². The van der Waals surface area contributed by atoms with Gasteiger partial charge in [0.25, 0.3) is 5.91 Å². The first-order chi connectivity index (χ1) is 14.6. The Morgan fingerprint density at radius 3 is 2.70 bits per heavy atom. The zero-order valence-corrected chi connectivity index (χ0v) is 17.6. The molecule has 8 heteroatoms. The second-order valence-electron chi connectivity index (χ2n) is 7.02. The van der Waals surface area contributed by atoms with E-state index in [0.717, 1.165) is 22.7 Å². The van der Waals surface area contributed by atoms with E-state index >= 15 is 0 Å². The van der Waals surface area contributed by atoms with E-state index in [1.54, 1.807) is 31.4 Å². The number of aryl methyl sites for hydroxylation is 1. The molecule has 1 unspecified atom stereocenters. The molecule has 3 aromatic rings. The van der Waals surface area contributed by atoms with E-state index in [0.29, 0.717) is 29.4 Å². The number of aromatic nitrogens is 2. The molecule has 1 aliphatic rings. The summed E-state index contributed by atoms with van der Waals surface area (Å²) in [6.07, 6.45) is 1.25. The number of anilines is 2. The molecule has 1 aromatic heterocycles. The fourth-order valence-corrected chi connectivity index (χ4v) is 4.37. The summed E-state index contributed by atoms with van der Waals surface area (Å²) in [4.78, 5) is 26.9. The van der Waals surface area contributed by atoms with Gasteiger partial charge < -0.3 is 9.64 Å². The number of methoxy groups -OCH3 is 1. The summed E-state index contributed by atoms with van der Waals surface area (Å²) < 4.78 is 5.11. The van der Waals surface area contributed by atoms with Crippen LogP contribution in [0.1, 0.15) is 40.2 Å². The van der Waals surface area contributed by atoms with Crippen molar-refractivity contribution in [2.75, 3.05) is 23.9 Å². The number of nitrogens with zero attached hydrogens (tertiary/aromatic N) is 3. The number of hydrogen-bond acceptors (Lipinski definition) is 6. The lowest BCUT2D eigenvalue weighted by Gasteiger charge is -2.19. The van der Waals surface area contributed by atoms with Crippen LogP contribution in [0.5, 0.6) is 5.75 Å². The van der Waals surface area contributed by atoms with Crippen molar-refractivity contribution in [3.63, 3.8) is 0 Å². The summed E-state index contributed by atoms with van der Waals surface area (Å²) in [6.45, 7) is 2.65. The standard InChI is InChI=1S/C22H22N4O3S/c1-3-14-6-4-5-7-18(14)26-13-16(12-19(26)27)21-24-25-22(30-21)23-20(28)15-8-10-17(29-2)11-9-15/h4-11,16H,3,12-13H2,1-2H3,(H,23,25,28). The number of carbonyl (C=O) groups is 2. The molecule has 1 aliphatic heterocycles. The van der Waals surface area contributed by atoms with Gasteiger partial charge in [0, 0.05) is 30.1 Å². The molecule has 1 N–H and O–H groups in total. The minimum atomic E-state index is -0.263. The second-order valence-corrected chi connectivity index (χ2v) is 8.02. The number of benzene rings is 2. The van der Waals surface area contributed by atoms with Gasteiger partial charge >= 0.3 is 0 Å². The highest BCUT2D eigenvalue weighted by molar-refractivity contribution is 7.15. The maximum Gasteiger partial charge on any atom is 0.257 e. The molecule has 2 heterocycles. The number of para-hydroxylation sites is 1. The normalized spacial score (nSPS) is 16.0. The van der Waals surface area contributed by atoms with E-state index in [1.165, 1.54) is 11.3 Å². The van der Waals surface area contributed by atoms with Gasteiger partial charge in [-0.15, -0.1) is 10.2 Å². The molecule has 0 saturated carbocycles. The van der Waals surface area contributed by atoms with Crippen LogP contribution in [-0.2, 0) is 11.2 Å². The molecule has 0 radical (unpaired) electrons. The first-order valence-electron chi connectivity index (χ1n) is 9.76. The summed E-state index contributed by atoms with van der Waals surface area (Å²) in [5, 5.41) is 12.3. The van der Waals surface area contributed by atoms with E-state index in [4.69, 9.17) is 4.74 Å². The molecule has 0 bridgehead atoms. The monoisotopic (exact) mass is 422 g/mol. The Morgan fingerprint density at radius 2 is 1.97 bits per heavy atom. The maximum absolute atomic E-state index is 12.7. The molecule has 2 aromatic carbocycles. The van der Waals surface area contributed by atoms with E-state index in [1.807, 2.05) is 29.2 Å². The van der Waals surface area contributed by atoms with Gasteiger partial charge in [-0.05, 0) is 42.3 Å². The Hall–Kier alpha value is -3.26. The van der Waals surface area contributed by atoms with E-state index in [9.17, 15) is 9.59 Å². The van der Waals surface area contributed by atoms with E-state index in [2.05, 4.69) is 22.4 Å². The fraction of sp³-hybridized carbons (Fsp3) is 0.273. The largest absolute Gasteiger partial charge is 0.497 e. The van der Waals surface area contributed by atoms with Gasteiger partial charge in [0.05, 0.1) is 7.11 Å². The Morgan fingerprint density at radius 1 is 1.20 bits per heavy atom. The number of ether oxygens (including phenoxy) is 1. The minimum absolute atomic E-state index is 0.0356. The quantitative estimate of drug-likeness (QED) is 0.652. The SMILES string of the molecule is CCc1ccccc1N1CC(c2nnc(NC(=O)c3ccc(OC)cc3)s2)CC1=O. The summed E-state index contributed by atoms with van der Waals surface area (Å²) >= 11 is 1.31. The van der Waals surface area contributed by atoms with Gasteiger partial charge in [-0.3, -0.25) is 14.9 Å². The molecule has 1 saturated heterocycles. The molecular weight excluding hydrogens is 400 g/mol. The summed E-state index contributed by atoms with van der Waals surface area (Å²) in [5.41, 5.74) is 2.62. The lowest BCUT2D eigenvalue weighted by atomic mass is 10.1. The maximum atomic E-state index is 12.7. The Balaban J connectivity index is 1.45. The van der Waals surface area contributed by atoms with Gasteiger partial charge in [-0.25, -0.2) is 0 Å². The Kier molecular flexibility index (Phi) is 5.76. The summed E-state index contributed by atoms with van der Waals surface area (Å²) in [6, 6.07) is 14.8. The number of amides is 2. The lowest BCUT2D eigenvalue weighted by Crippen LogP contribution is -2.25. The molecule has 1 atom stereocenters. The second kappa shape index (κ2) is 8.62. The Bertz CT molecular complexity index is 1060. The minimum Gasteiger partial charge on any atom is -0.497 e. The number of rotatable bonds is 6. The molecule has 154 valence electrons. The third-order valence-electron chi connectivity index (χ3n) is 5.15. The average Bonchev–Trinajstić information content (AvgIpc) is 3.40. The van der Waals surface area contributed by atoms with Crippen molar-refractivity contribution in [3.05, 3.63) is 64.7 Å². The zero-order valence-electron chi connectivity index (χ0n) is 16.8. The molecule has 0 spiro atoms. The van der Waals surface area contributed by atoms with Crippen molar-refractivity contribution in [2.24, 2.45) is 0 Å². The first kappa shape index (κ1) is 20.0. The predicted octanol–water partition coefficient (Wildman–Crippen LogP) is 3.88. The molecule has 0 aliphatic carbocycles. The third-order valence-corrected chi connectivity index (χ3v) is 6.15. The molecule has 2 amide bonds. The molecule has 1 fully saturated rings. The van der Waals surface area contributed by atoms with Gasteiger partial charge in [0.1, 0.15) is 10.8 Å². The molecular formula is C22H22N4O3S. The van der Waals surface area contributed by atoms with Gasteiger partial charge in [-0.1, -0.05) is 36.5 Å². The summed E-state index contributed by atoms with van der Waals surface area (Å²) in [5.74, 6) is 0.470. The van der Waals surface area contributed by atoms with Crippen LogP contribution in [0.2, 0.25) is 0 Å². The molecule has 30 heavy (non-hydrogen) atoms. The van der Waals surface area contributed by atoms with Crippen molar-refractivity contribution >= 4 is 34.0 Å². The van der Waals surface area contributed by atoms with Crippen LogP contribution in [0.15, 0.2) is 48.5 Å². The molecule has 4 rings (SSSR count). The summed E-state index contributed by atoms with van der Waals surface area (Å²) in [7, 11) is 1.58. The van der Waals surface area contributed by atoms with Crippen LogP contribution < -0.4 is 15.0 Å². The first-order valence-corrected chi connectivity index (χ1v) is 10.6. The number of hydrogen-bond donors (Lipinski definition) is 1. The predicted molar refractivity (Wildman–Crippen MR) is 116 cm³/mol. The zero-order chi connectivity index (χ0) is 21.1. The average molecular weight is 423 g/mol. The van der Waals surface area contributed by atoms with Crippen LogP contribution in [-0.4, -0.2) is 35.7 Å². The smallest absolute Gasteiger partial charge is 0.257 e. The highest BCUT2D eigenvalue weighted by Crippen LogP contribution is 2.35. The highest BCUT2D eigenvalue weighted by atomic mass is 32.1. The van der Waals surface area contributed by atoms with Crippen molar-refractivity contribution < 1.29 is 14.3 Å². The van der Waals surface area contributed by atoms with Crippen molar-refractivity contribution in [2.45, 2.75) is 25.7 Å². The number of carbonyl (C=O) groups excluding carboxylic acids is 2. The van der Waals surface area contributed by atoms with Gasteiger partial charge in [0.2, 0.25) is 11.0 Å². The van der Waals surface area contributed by atoms with Crippen molar-refractivity contribution in [1.29, 1.82) is 0 Å². The third kappa shape index (κ3) is 4.04. The van der Waals surface area contributed by atoms with Gasteiger partial charge in [0.15, 0.2) is 0 Å². The lowest BCUT2D eigenvalue weighted by molar-refractivity contribution is -0.117. The fourth-order valence-electron chi connectivity index (χ4n) is 3.54. The van der Waals surface area contributed by atoms with Crippen LogP contribution in [0.25, 0.3) is 0 Å². The van der Waals surface area contributed by atoms with Crippen LogP contribution >= 0.6 is 11.3 Å². The highest BCUT2D eigenvalue weighted by Gasteiger charge is 2.34. The molecule has 7 nitrogen and oxygen atoms in total. The van der Waals surface area contributed by atoms with Crippen LogP contribution in [0.3, 0.4) is 0 Å². The van der Waals surface area contributed by atoms with E-state index < -0.39 is 0 Å². The topological polar surface area (TPSA) is 84.4 Å². The number of nitrogens with one attached hydrogen (secondary N) is 1. The van der Waals surface area contributed by atoms with Crippen LogP contribution in [0, 0.1) is 0 Å². The Labute approximate surface area is 178 Å². The van der Waals surface area contributed by atoms with Gasteiger partial charge in [-0.2, -0.15) is 0 Å².